The Morgan fingerprint density at radius 2 is 1.80 bits per heavy atom. The fourth-order valence-electron chi connectivity index (χ4n) is 1.47. The number of anilines is 2. The fraction of sp³-hybridized carbons (Fsp3) is 0. The Labute approximate surface area is 119 Å². The first-order valence-corrected chi connectivity index (χ1v) is 7.18. The number of sulfonamides is 1. The van der Waals surface area contributed by atoms with E-state index in [2.05, 4.69) is 4.72 Å². The van der Waals surface area contributed by atoms with Crippen LogP contribution in [0.2, 0.25) is 5.02 Å². The van der Waals surface area contributed by atoms with Gasteiger partial charge >= 0.3 is 0 Å². The van der Waals surface area contributed by atoms with Gasteiger partial charge in [-0.15, -0.1) is 0 Å². The lowest BCUT2D eigenvalue weighted by Gasteiger charge is -2.10. The zero-order chi connectivity index (χ0) is 14.9. The van der Waals surface area contributed by atoms with E-state index in [0.717, 1.165) is 30.3 Å². The van der Waals surface area contributed by atoms with Crippen LogP contribution in [0.5, 0.6) is 0 Å². The van der Waals surface area contributed by atoms with Gasteiger partial charge in [-0.25, -0.2) is 17.2 Å². The van der Waals surface area contributed by atoms with Crippen LogP contribution in [-0.4, -0.2) is 8.42 Å². The van der Waals surface area contributed by atoms with E-state index >= 15 is 0 Å². The molecule has 0 heterocycles. The molecule has 0 aliphatic rings. The van der Waals surface area contributed by atoms with Crippen LogP contribution in [0, 0.1) is 11.6 Å². The van der Waals surface area contributed by atoms with Crippen molar-refractivity contribution in [1.82, 2.24) is 0 Å². The van der Waals surface area contributed by atoms with Crippen LogP contribution in [0.15, 0.2) is 41.3 Å². The van der Waals surface area contributed by atoms with Gasteiger partial charge < -0.3 is 5.73 Å². The molecule has 0 spiro atoms. The second-order valence-corrected chi connectivity index (χ2v) is 6.00. The fourth-order valence-corrected chi connectivity index (χ4v) is 2.79. The van der Waals surface area contributed by atoms with Gasteiger partial charge in [0.05, 0.1) is 21.3 Å². The first-order chi connectivity index (χ1) is 9.29. The van der Waals surface area contributed by atoms with Crippen molar-refractivity contribution in [3.63, 3.8) is 0 Å². The van der Waals surface area contributed by atoms with Crippen molar-refractivity contribution in [2.75, 3.05) is 10.5 Å². The van der Waals surface area contributed by atoms with Gasteiger partial charge in [-0.1, -0.05) is 11.6 Å². The molecular weight excluding hydrogens is 310 g/mol. The summed E-state index contributed by atoms with van der Waals surface area (Å²) in [5, 5.41) is 0.0325. The molecule has 0 saturated carbocycles. The van der Waals surface area contributed by atoms with Gasteiger partial charge in [0.15, 0.2) is 0 Å². The highest BCUT2D eigenvalue weighted by Crippen LogP contribution is 2.26. The Balaban J connectivity index is 2.40. The molecule has 0 amide bonds. The third-order valence-corrected chi connectivity index (χ3v) is 4.14. The maximum atomic E-state index is 13.1. The third kappa shape index (κ3) is 3.00. The van der Waals surface area contributed by atoms with Crippen LogP contribution in [0.25, 0.3) is 0 Å². The topological polar surface area (TPSA) is 72.2 Å². The molecule has 0 saturated heterocycles. The molecule has 106 valence electrons. The lowest BCUT2D eigenvalue weighted by Crippen LogP contribution is -2.14. The average molecular weight is 319 g/mol. The Morgan fingerprint density at radius 1 is 1.10 bits per heavy atom. The second-order valence-electron chi connectivity index (χ2n) is 3.91. The first kappa shape index (κ1) is 14.5. The molecule has 0 atom stereocenters. The van der Waals surface area contributed by atoms with E-state index in [0.29, 0.717) is 0 Å². The number of rotatable bonds is 3. The monoisotopic (exact) mass is 318 g/mol. The van der Waals surface area contributed by atoms with E-state index in [4.69, 9.17) is 17.3 Å². The van der Waals surface area contributed by atoms with Gasteiger partial charge in [0.1, 0.15) is 11.6 Å². The van der Waals surface area contributed by atoms with E-state index in [9.17, 15) is 17.2 Å². The second kappa shape index (κ2) is 5.26. The maximum Gasteiger partial charge on any atom is 0.262 e. The molecule has 2 aromatic rings. The molecule has 4 nitrogen and oxygen atoms in total. The summed E-state index contributed by atoms with van der Waals surface area (Å²) in [6.45, 7) is 0. The van der Waals surface area contributed by atoms with Gasteiger partial charge in [0.2, 0.25) is 0 Å². The van der Waals surface area contributed by atoms with Crippen molar-refractivity contribution < 1.29 is 17.2 Å². The molecule has 20 heavy (non-hydrogen) atoms. The Morgan fingerprint density at radius 3 is 2.45 bits per heavy atom. The number of benzene rings is 2. The highest BCUT2D eigenvalue weighted by atomic mass is 35.5. The van der Waals surface area contributed by atoms with Gasteiger partial charge in [0, 0.05) is 0 Å². The molecule has 0 fully saturated rings. The number of nitrogens with one attached hydrogen (secondary N) is 1. The van der Waals surface area contributed by atoms with E-state index in [1.165, 1.54) is 6.07 Å². The SMILES string of the molecule is Nc1cc(S(=O)(=O)Nc2cc(F)ccc2Cl)ccc1F. The molecule has 0 bridgehead atoms. The minimum atomic E-state index is -4.04. The minimum Gasteiger partial charge on any atom is -0.396 e. The Bertz CT molecular complexity index is 766. The van der Waals surface area contributed by atoms with Gasteiger partial charge in [0.25, 0.3) is 10.0 Å². The quantitative estimate of drug-likeness (QED) is 0.854. The summed E-state index contributed by atoms with van der Waals surface area (Å²) in [7, 11) is -4.04. The van der Waals surface area contributed by atoms with E-state index in [-0.39, 0.29) is 21.3 Å². The van der Waals surface area contributed by atoms with Crippen LogP contribution < -0.4 is 10.5 Å². The summed E-state index contributed by atoms with van der Waals surface area (Å²) in [4.78, 5) is -0.253. The standard InChI is InChI=1S/C12H9ClF2N2O2S/c13-9-3-1-7(14)5-12(9)17-20(18,19)8-2-4-10(15)11(16)6-8/h1-6,17H,16H2. The third-order valence-electron chi connectivity index (χ3n) is 2.45. The van der Waals surface area contributed by atoms with Gasteiger partial charge in [-0.2, -0.15) is 0 Å². The predicted octanol–water partition coefficient (Wildman–Crippen LogP) is 3.00. The van der Waals surface area contributed by atoms with Crippen molar-refractivity contribution in [1.29, 1.82) is 0 Å². The first-order valence-electron chi connectivity index (χ1n) is 5.32. The minimum absolute atomic E-state index is 0.0325. The zero-order valence-corrected chi connectivity index (χ0v) is 11.5. The van der Waals surface area contributed by atoms with Crippen LogP contribution in [0.3, 0.4) is 0 Å². The molecule has 0 unspecified atom stereocenters. The summed E-state index contributed by atoms with van der Waals surface area (Å²) in [5.41, 5.74) is 4.89. The zero-order valence-electron chi connectivity index (χ0n) is 9.90. The molecule has 8 heteroatoms. The molecule has 2 rings (SSSR count). The van der Waals surface area contributed by atoms with Crippen molar-refractivity contribution in [2.24, 2.45) is 0 Å². The molecule has 0 aliphatic carbocycles. The number of halogens is 3. The van der Waals surface area contributed by atoms with Crippen molar-refractivity contribution in [2.45, 2.75) is 4.90 Å². The largest absolute Gasteiger partial charge is 0.396 e. The lowest BCUT2D eigenvalue weighted by molar-refractivity contribution is 0.600. The van der Waals surface area contributed by atoms with Crippen LogP contribution in [0.4, 0.5) is 20.2 Å². The number of hydrogen-bond acceptors (Lipinski definition) is 3. The summed E-state index contributed by atoms with van der Waals surface area (Å²) in [6, 6.07) is 6.18. The molecular formula is C12H9ClF2N2O2S. The molecule has 0 aromatic heterocycles. The summed E-state index contributed by atoms with van der Waals surface area (Å²) < 4.78 is 52.3. The number of hydrogen-bond donors (Lipinski definition) is 2. The van der Waals surface area contributed by atoms with Crippen LogP contribution in [0.1, 0.15) is 0 Å². The average Bonchev–Trinajstić information content (AvgIpc) is 2.36. The molecule has 0 radical (unpaired) electrons. The van der Waals surface area contributed by atoms with Crippen molar-refractivity contribution in [3.8, 4) is 0 Å². The normalized spacial score (nSPS) is 11.3. The number of nitrogens with two attached hydrogens (primary N) is 1. The maximum absolute atomic E-state index is 13.1. The molecule has 0 aliphatic heterocycles. The van der Waals surface area contributed by atoms with E-state index in [1.54, 1.807) is 0 Å². The van der Waals surface area contributed by atoms with Gasteiger partial charge in [-0.3, -0.25) is 4.72 Å². The Kier molecular flexibility index (Phi) is 3.82. The van der Waals surface area contributed by atoms with Crippen molar-refractivity contribution >= 4 is 33.0 Å². The summed E-state index contributed by atoms with van der Waals surface area (Å²) in [5.74, 6) is -1.38. The van der Waals surface area contributed by atoms with Gasteiger partial charge in [-0.05, 0) is 36.4 Å². The van der Waals surface area contributed by atoms with Crippen LogP contribution in [-0.2, 0) is 10.0 Å². The smallest absolute Gasteiger partial charge is 0.262 e. The van der Waals surface area contributed by atoms with Crippen molar-refractivity contribution in [3.05, 3.63) is 53.1 Å². The number of nitrogen functional groups attached to an aromatic ring is 1. The highest BCUT2D eigenvalue weighted by molar-refractivity contribution is 7.92. The highest BCUT2D eigenvalue weighted by Gasteiger charge is 2.17. The molecule has 3 N–H and O–H groups in total. The lowest BCUT2D eigenvalue weighted by atomic mass is 10.3. The Hall–Kier alpha value is -1.86. The molecule has 2 aromatic carbocycles. The van der Waals surface area contributed by atoms with Crippen LogP contribution >= 0.6 is 11.6 Å². The predicted molar refractivity (Wildman–Crippen MR) is 73.0 cm³/mol. The van der Waals surface area contributed by atoms with E-state index in [1.807, 2.05) is 0 Å². The summed E-state index contributed by atoms with van der Waals surface area (Å²) >= 11 is 5.77. The van der Waals surface area contributed by atoms with E-state index < -0.39 is 21.7 Å². The summed E-state index contributed by atoms with van der Waals surface area (Å²) in [6.07, 6.45) is 0.